The average Bonchev–Trinajstić information content (AvgIpc) is 2.60. The molecule has 4 heteroatoms. The van der Waals surface area contributed by atoms with Gasteiger partial charge in [0, 0.05) is 18.5 Å². The van der Waals surface area contributed by atoms with E-state index in [1.807, 2.05) is 25.1 Å². The summed E-state index contributed by atoms with van der Waals surface area (Å²) in [6.07, 6.45) is 0.881. The summed E-state index contributed by atoms with van der Waals surface area (Å²) in [4.78, 5) is 0. The van der Waals surface area contributed by atoms with Crippen LogP contribution in [0, 0.1) is 0 Å². The van der Waals surface area contributed by atoms with Crippen LogP contribution in [-0.2, 0) is 5.60 Å². The maximum absolute atomic E-state index is 10.7. The van der Waals surface area contributed by atoms with Crippen LogP contribution in [0.25, 0.3) is 0 Å². The molecule has 0 radical (unpaired) electrons. The van der Waals surface area contributed by atoms with Gasteiger partial charge in [-0.25, -0.2) is 0 Å². The SMILES string of the molecule is CC(C)(C)NCC(C)(O)c1ccc2c(c1)OCCCO2. The van der Waals surface area contributed by atoms with E-state index >= 15 is 0 Å². The third-order valence-corrected chi connectivity index (χ3v) is 3.33. The zero-order valence-electron chi connectivity index (χ0n) is 12.8. The van der Waals surface area contributed by atoms with Crippen molar-refractivity contribution in [1.82, 2.24) is 5.32 Å². The maximum Gasteiger partial charge on any atom is 0.161 e. The Hall–Kier alpha value is -1.26. The van der Waals surface area contributed by atoms with Crippen molar-refractivity contribution in [2.45, 2.75) is 45.3 Å². The van der Waals surface area contributed by atoms with Gasteiger partial charge >= 0.3 is 0 Å². The van der Waals surface area contributed by atoms with E-state index in [1.165, 1.54) is 0 Å². The van der Waals surface area contributed by atoms with E-state index < -0.39 is 5.60 Å². The first-order chi connectivity index (χ1) is 9.28. The minimum Gasteiger partial charge on any atom is -0.490 e. The Morgan fingerprint density at radius 1 is 1.10 bits per heavy atom. The summed E-state index contributed by atoms with van der Waals surface area (Å²) in [5, 5.41) is 14.0. The Balaban J connectivity index is 2.17. The molecule has 20 heavy (non-hydrogen) atoms. The molecule has 0 aromatic heterocycles. The second-order valence-corrected chi connectivity index (χ2v) is 6.59. The van der Waals surface area contributed by atoms with Gasteiger partial charge in [0.05, 0.1) is 18.8 Å². The lowest BCUT2D eigenvalue weighted by Gasteiger charge is -2.30. The fourth-order valence-electron chi connectivity index (χ4n) is 2.04. The summed E-state index contributed by atoms with van der Waals surface area (Å²) in [7, 11) is 0. The zero-order chi connectivity index (χ0) is 14.8. The predicted octanol–water partition coefficient (Wildman–Crippen LogP) is 2.44. The number of aliphatic hydroxyl groups is 1. The number of benzene rings is 1. The summed E-state index contributed by atoms with van der Waals surface area (Å²) in [5.74, 6) is 1.47. The minimum atomic E-state index is -0.946. The fraction of sp³-hybridized carbons (Fsp3) is 0.625. The van der Waals surface area contributed by atoms with E-state index in [0.29, 0.717) is 19.8 Å². The van der Waals surface area contributed by atoms with E-state index in [0.717, 1.165) is 23.5 Å². The summed E-state index contributed by atoms with van der Waals surface area (Å²) in [5.41, 5.74) is -0.147. The number of hydrogen-bond acceptors (Lipinski definition) is 4. The molecule has 0 bridgehead atoms. The van der Waals surface area contributed by atoms with Crippen LogP contribution in [0.2, 0.25) is 0 Å². The second-order valence-electron chi connectivity index (χ2n) is 6.59. The number of rotatable bonds is 3. The van der Waals surface area contributed by atoms with Gasteiger partial charge in [-0.2, -0.15) is 0 Å². The molecule has 1 aliphatic rings. The molecule has 4 nitrogen and oxygen atoms in total. The van der Waals surface area contributed by atoms with Crippen LogP contribution >= 0.6 is 0 Å². The molecule has 1 aromatic carbocycles. The Morgan fingerprint density at radius 3 is 2.40 bits per heavy atom. The van der Waals surface area contributed by atoms with Gasteiger partial charge in [-0.05, 0) is 45.4 Å². The van der Waals surface area contributed by atoms with Crippen LogP contribution in [0.4, 0.5) is 0 Å². The average molecular weight is 279 g/mol. The Kier molecular flexibility index (Phi) is 4.25. The molecule has 2 rings (SSSR count). The molecule has 2 N–H and O–H groups in total. The molecular formula is C16H25NO3. The monoisotopic (exact) mass is 279 g/mol. The van der Waals surface area contributed by atoms with E-state index in [1.54, 1.807) is 0 Å². The molecule has 0 fully saturated rings. The molecule has 0 amide bonds. The van der Waals surface area contributed by atoms with Crippen LogP contribution in [0.3, 0.4) is 0 Å². The highest BCUT2D eigenvalue weighted by Crippen LogP contribution is 2.34. The highest BCUT2D eigenvalue weighted by molar-refractivity contribution is 5.45. The van der Waals surface area contributed by atoms with Crippen molar-refractivity contribution in [3.63, 3.8) is 0 Å². The van der Waals surface area contributed by atoms with Crippen LogP contribution in [0.15, 0.2) is 18.2 Å². The van der Waals surface area contributed by atoms with E-state index in [9.17, 15) is 5.11 Å². The van der Waals surface area contributed by atoms with Crippen LogP contribution < -0.4 is 14.8 Å². The largest absolute Gasteiger partial charge is 0.490 e. The normalized spacial score (nSPS) is 18.2. The topological polar surface area (TPSA) is 50.7 Å². The molecule has 1 unspecified atom stereocenters. The molecule has 0 aliphatic carbocycles. The van der Waals surface area contributed by atoms with E-state index in [4.69, 9.17) is 9.47 Å². The molecule has 0 saturated carbocycles. The first kappa shape index (κ1) is 15.1. The highest BCUT2D eigenvalue weighted by Gasteiger charge is 2.26. The van der Waals surface area contributed by atoms with Crippen molar-refractivity contribution >= 4 is 0 Å². The summed E-state index contributed by atoms with van der Waals surface area (Å²) in [6.45, 7) is 9.86. The lowest BCUT2D eigenvalue weighted by Crippen LogP contribution is -2.44. The van der Waals surface area contributed by atoms with Gasteiger partial charge < -0.3 is 19.9 Å². The van der Waals surface area contributed by atoms with E-state index in [2.05, 4.69) is 26.1 Å². The summed E-state index contributed by atoms with van der Waals surface area (Å²) in [6, 6.07) is 5.66. The van der Waals surface area contributed by atoms with Crippen molar-refractivity contribution in [1.29, 1.82) is 0 Å². The zero-order valence-corrected chi connectivity index (χ0v) is 12.8. The molecule has 1 aliphatic heterocycles. The second kappa shape index (κ2) is 5.62. The van der Waals surface area contributed by atoms with Crippen LogP contribution in [0.1, 0.15) is 39.7 Å². The van der Waals surface area contributed by atoms with Gasteiger partial charge in [0.25, 0.3) is 0 Å². The Bertz CT molecular complexity index is 463. The lowest BCUT2D eigenvalue weighted by molar-refractivity contribution is 0.0499. The molecule has 0 spiro atoms. The molecule has 1 aromatic rings. The molecule has 1 atom stereocenters. The maximum atomic E-state index is 10.7. The number of fused-ring (bicyclic) bond motifs is 1. The molecular weight excluding hydrogens is 254 g/mol. The van der Waals surface area contributed by atoms with E-state index in [-0.39, 0.29) is 5.54 Å². The standard InChI is InChI=1S/C16H25NO3/c1-15(2,3)17-11-16(4,18)12-6-7-13-14(10-12)20-9-5-8-19-13/h6-7,10,17-18H,5,8-9,11H2,1-4H3. The third kappa shape index (κ3) is 3.87. The van der Waals surface area contributed by atoms with Gasteiger partial charge in [0.2, 0.25) is 0 Å². The third-order valence-electron chi connectivity index (χ3n) is 3.33. The van der Waals surface area contributed by atoms with Gasteiger partial charge in [-0.15, -0.1) is 0 Å². The number of β-amino-alcohol motifs (C(OH)–C–C–N with tert-alkyl or cyclic N) is 1. The minimum absolute atomic E-state index is 0.0325. The van der Waals surface area contributed by atoms with Crippen molar-refractivity contribution in [2.24, 2.45) is 0 Å². The van der Waals surface area contributed by atoms with Crippen molar-refractivity contribution in [2.75, 3.05) is 19.8 Å². The number of ether oxygens (including phenoxy) is 2. The smallest absolute Gasteiger partial charge is 0.161 e. The Labute approximate surface area is 121 Å². The first-order valence-electron chi connectivity index (χ1n) is 7.15. The van der Waals surface area contributed by atoms with Crippen LogP contribution in [-0.4, -0.2) is 30.4 Å². The molecule has 112 valence electrons. The van der Waals surface area contributed by atoms with Gasteiger partial charge in [0.15, 0.2) is 11.5 Å². The summed E-state index contributed by atoms with van der Waals surface area (Å²) >= 11 is 0. The van der Waals surface area contributed by atoms with Crippen molar-refractivity contribution in [3.8, 4) is 11.5 Å². The van der Waals surface area contributed by atoms with Gasteiger partial charge in [-0.3, -0.25) is 0 Å². The fourth-order valence-corrected chi connectivity index (χ4v) is 2.04. The summed E-state index contributed by atoms with van der Waals surface area (Å²) < 4.78 is 11.3. The Morgan fingerprint density at radius 2 is 1.75 bits per heavy atom. The van der Waals surface area contributed by atoms with Gasteiger partial charge in [-0.1, -0.05) is 6.07 Å². The molecule has 0 saturated heterocycles. The van der Waals surface area contributed by atoms with Gasteiger partial charge in [0.1, 0.15) is 0 Å². The molecule has 1 heterocycles. The number of nitrogens with one attached hydrogen (secondary N) is 1. The van der Waals surface area contributed by atoms with Crippen LogP contribution in [0.5, 0.6) is 11.5 Å². The quantitative estimate of drug-likeness (QED) is 0.892. The van der Waals surface area contributed by atoms with Crippen molar-refractivity contribution in [3.05, 3.63) is 23.8 Å². The lowest BCUT2D eigenvalue weighted by atomic mass is 9.94. The number of hydrogen-bond donors (Lipinski definition) is 2. The predicted molar refractivity (Wildman–Crippen MR) is 79.4 cm³/mol. The first-order valence-corrected chi connectivity index (χ1v) is 7.15. The van der Waals surface area contributed by atoms with Crippen molar-refractivity contribution < 1.29 is 14.6 Å². The highest BCUT2D eigenvalue weighted by atomic mass is 16.5.